The number of thioether (sulfide) groups is 1. The van der Waals surface area contributed by atoms with Crippen molar-refractivity contribution in [3.63, 3.8) is 0 Å². The second kappa shape index (κ2) is 4.31. The summed E-state index contributed by atoms with van der Waals surface area (Å²) < 4.78 is 1.90. The van der Waals surface area contributed by atoms with Gasteiger partial charge in [-0.1, -0.05) is 0 Å². The Balaban J connectivity index is 1.99. The van der Waals surface area contributed by atoms with Gasteiger partial charge < -0.3 is 10.3 Å². The van der Waals surface area contributed by atoms with Gasteiger partial charge in [0, 0.05) is 18.1 Å². The molecule has 2 rings (SSSR count). The van der Waals surface area contributed by atoms with Gasteiger partial charge in [-0.05, 0) is 12.1 Å². The minimum atomic E-state index is 0.540. The Morgan fingerprint density at radius 2 is 2.33 bits per heavy atom. The summed E-state index contributed by atoms with van der Waals surface area (Å²) in [5.74, 6) is 2.26. The van der Waals surface area contributed by atoms with Gasteiger partial charge >= 0.3 is 0 Å². The lowest BCUT2D eigenvalue weighted by Crippen LogP contribution is -1.94. The standard InChI is InChI=1S/C9H11N5S/c1-14-6-12-13-9(14)5-15-7-2-3-8(10)11-4-7/h2-4,6H,5H2,1H3,(H2,10,11). The predicted molar refractivity (Wildman–Crippen MR) is 59.2 cm³/mol. The largest absolute Gasteiger partial charge is 0.384 e. The van der Waals surface area contributed by atoms with E-state index in [2.05, 4.69) is 15.2 Å². The van der Waals surface area contributed by atoms with Crippen LogP contribution in [0.4, 0.5) is 5.82 Å². The molecule has 78 valence electrons. The van der Waals surface area contributed by atoms with Crippen LogP contribution in [0.2, 0.25) is 0 Å². The number of aryl methyl sites for hydroxylation is 1. The lowest BCUT2D eigenvalue weighted by atomic mass is 10.5. The molecule has 0 aliphatic carbocycles. The van der Waals surface area contributed by atoms with E-state index in [4.69, 9.17) is 5.73 Å². The monoisotopic (exact) mass is 221 g/mol. The summed E-state index contributed by atoms with van der Waals surface area (Å²) >= 11 is 1.66. The molecule has 0 atom stereocenters. The van der Waals surface area contributed by atoms with Crippen molar-refractivity contribution in [2.75, 3.05) is 5.73 Å². The number of hydrogen-bond acceptors (Lipinski definition) is 5. The van der Waals surface area contributed by atoms with Crippen LogP contribution in [0.25, 0.3) is 0 Å². The second-order valence-corrected chi connectivity index (χ2v) is 4.11. The second-order valence-electron chi connectivity index (χ2n) is 3.07. The molecule has 0 saturated heterocycles. The Kier molecular flexibility index (Phi) is 2.86. The van der Waals surface area contributed by atoms with Crippen molar-refractivity contribution in [3.05, 3.63) is 30.5 Å². The maximum atomic E-state index is 5.49. The van der Waals surface area contributed by atoms with E-state index in [1.165, 1.54) is 0 Å². The van der Waals surface area contributed by atoms with Gasteiger partial charge in [0.25, 0.3) is 0 Å². The summed E-state index contributed by atoms with van der Waals surface area (Å²) in [5, 5.41) is 7.81. The molecular formula is C9H11N5S. The van der Waals surface area contributed by atoms with E-state index in [-0.39, 0.29) is 0 Å². The van der Waals surface area contributed by atoms with Crippen molar-refractivity contribution in [2.24, 2.45) is 7.05 Å². The summed E-state index contributed by atoms with van der Waals surface area (Å²) in [5.41, 5.74) is 5.49. The van der Waals surface area contributed by atoms with Crippen LogP contribution in [0.3, 0.4) is 0 Å². The topological polar surface area (TPSA) is 69.6 Å². The summed E-state index contributed by atoms with van der Waals surface area (Å²) in [6, 6.07) is 3.74. The molecule has 0 unspecified atom stereocenters. The van der Waals surface area contributed by atoms with Gasteiger partial charge in [0.1, 0.15) is 18.0 Å². The number of hydrogen-bond donors (Lipinski definition) is 1. The SMILES string of the molecule is Cn1cnnc1CSc1ccc(N)nc1. The van der Waals surface area contributed by atoms with Crippen molar-refractivity contribution < 1.29 is 0 Å². The molecular weight excluding hydrogens is 210 g/mol. The van der Waals surface area contributed by atoms with Crippen LogP contribution >= 0.6 is 11.8 Å². The smallest absolute Gasteiger partial charge is 0.142 e. The lowest BCUT2D eigenvalue weighted by molar-refractivity contribution is 0.849. The molecule has 0 aliphatic heterocycles. The van der Waals surface area contributed by atoms with Crippen LogP contribution < -0.4 is 5.73 Å². The van der Waals surface area contributed by atoms with Crippen LogP contribution in [0.5, 0.6) is 0 Å². The van der Waals surface area contributed by atoms with Crippen molar-refractivity contribution in [1.82, 2.24) is 19.7 Å². The number of nitrogen functional groups attached to an aromatic ring is 1. The minimum Gasteiger partial charge on any atom is -0.384 e. The molecule has 2 aromatic rings. The van der Waals surface area contributed by atoms with Crippen molar-refractivity contribution in [1.29, 1.82) is 0 Å². The molecule has 0 spiro atoms. The molecule has 6 heteroatoms. The average Bonchev–Trinajstić information content (AvgIpc) is 2.63. The van der Waals surface area contributed by atoms with E-state index in [1.54, 1.807) is 30.4 Å². The predicted octanol–water partition coefficient (Wildman–Crippen LogP) is 1.08. The Hall–Kier alpha value is -1.56. The van der Waals surface area contributed by atoms with E-state index in [0.717, 1.165) is 16.5 Å². The van der Waals surface area contributed by atoms with E-state index >= 15 is 0 Å². The summed E-state index contributed by atoms with van der Waals surface area (Å²) in [6.07, 6.45) is 3.45. The Labute approximate surface area is 91.7 Å². The molecule has 2 N–H and O–H groups in total. The van der Waals surface area contributed by atoms with Gasteiger partial charge in [0.15, 0.2) is 0 Å². The van der Waals surface area contributed by atoms with Gasteiger partial charge in [-0.15, -0.1) is 22.0 Å². The van der Waals surface area contributed by atoms with Crippen LogP contribution in [-0.4, -0.2) is 19.7 Å². The zero-order valence-electron chi connectivity index (χ0n) is 8.29. The van der Waals surface area contributed by atoms with Crippen LogP contribution in [0, 0.1) is 0 Å². The van der Waals surface area contributed by atoms with Crippen LogP contribution in [0.1, 0.15) is 5.82 Å². The maximum Gasteiger partial charge on any atom is 0.142 e. The zero-order valence-corrected chi connectivity index (χ0v) is 9.11. The van der Waals surface area contributed by atoms with E-state index in [9.17, 15) is 0 Å². The third kappa shape index (κ3) is 2.47. The Morgan fingerprint density at radius 3 is 2.93 bits per heavy atom. The highest BCUT2D eigenvalue weighted by molar-refractivity contribution is 7.98. The highest BCUT2D eigenvalue weighted by Crippen LogP contribution is 2.20. The molecule has 15 heavy (non-hydrogen) atoms. The lowest BCUT2D eigenvalue weighted by Gasteiger charge is -2.00. The Bertz CT molecular complexity index is 436. The number of aromatic nitrogens is 4. The molecule has 0 radical (unpaired) electrons. The maximum absolute atomic E-state index is 5.49. The highest BCUT2D eigenvalue weighted by Gasteiger charge is 2.01. The van der Waals surface area contributed by atoms with Gasteiger partial charge in [-0.2, -0.15) is 0 Å². The normalized spacial score (nSPS) is 10.5. The van der Waals surface area contributed by atoms with Crippen molar-refractivity contribution >= 4 is 17.6 Å². The molecule has 0 bridgehead atoms. The van der Waals surface area contributed by atoms with Crippen molar-refractivity contribution in [3.8, 4) is 0 Å². The number of nitrogens with zero attached hydrogens (tertiary/aromatic N) is 4. The van der Waals surface area contributed by atoms with Gasteiger partial charge in [-0.3, -0.25) is 0 Å². The van der Waals surface area contributed by atoms with Crippen molar-refractivity contribution in [2.45, 2.75) is 10.6 Å². The zero-order chi connectivity index (χ0) is 10.7. The van der Waals surface area contributed by atoms with Gasteiger partial charge in [-0.25, -0.2) is 4.98 Å². The molecule has 0 fully saturated rings. The summed E-state index contributed by atoms with van der Waals surface area (Å²) in [6.45, 7) is 0. The average molecular weight is 221 g/mol. The molecule has 2 heterocycles. The molecule has 0 amide bonds. The minimum absolute atomic E-state index is 0.540. The molecule has 5 nitrogen and oxygen atoms in total. The highest BCUT2D eigenvalue weighted by atomic mass is 32.2. The molecule has 0 aromatic carbocycles. The number of pyridine rings is 1. The molecule has 0 aliphatic rings. The molecule has 2 aromatic heterocycles. The quantitative estimate of drug-likeness (QED) is 0.785. The number of anilines is 1. The summed E-state index contributed by atoms with van der Waals surface area (Å²) in [7, 11) is 1.93. The van der Waals surface area contributed by atoms with Crippen LogP contribution in [-0.2, 0) is 12.8 Å². The first-order valence-electron chi connectivity index (χ1n) is 4.43. The first kappa shape index (κ1) is 9.97. The third-order valence-corrected chi connectivity index (χ3v) is 2.91. The van der Waals surface area contributed by atoms with E-state index in [1.807, 2.05) is 17.7 Å². The molecule has 0 saturated carbocycles. The van der Waals surface area contributed by atoms with Gasteiger partial charge in [0.05, 0.1) is 5.75 Å². The summed E-state index contributed by atoms with van der Waals surface area (Å²) in [4.78, 5) is 5.09. The Morgan fingerprint density at radius 1 is 1.47 bits per heavy atom. The van der Waals surface area contributed by atoms with E-state index in [0.29, 0.717) is 5.82 Å². The van der Waals surface area contributed by atoms with Crippen LogP contribution in [0.15, 0.2) is 29.6 Å². The third-order valence-electron chi connectivity index (χ3n) is 1.93. The number of rotatable bonds is 3. The van der Waals surface area contributed by atoms with E-state index < -0.39 is 0 Å². The first-order chi connectivity index (χ1) is 7.25. The fourth-order valence-corrected chi connectivity index (χ4v) is 1.91. The van der Waals surface area contributed by atoms with Gasteiger partial charge in [0.2, 0.25) is 0 Å². The fraction of sp³-hybridized carbons (Fsp3) is 0.222. The first-order valence-corrected chi connectivity index (χ1v) is 5.41. The fourth-order valence-electron chi connectivity index (χ4n) is 1.06. The number of nitrogens with two attached hydrogens (primary N) is 1.